The molecular weight excluding hydrogens is 244 g/mol. The molecule has 2 amide bonds. The Morgan fingerprint density at radius 2 is 2.32 bits per heavy atom. The van der Waals surface area contributed by atoms with E-state index in [1.807, 2.05) is 11.6 Å². The SMILES string of the molecule is CC1Cc2nn3c(c2CN1C(N)=O)CCCC(O)C3. The van der Waals surface area contributed by atoms with Crippen molar-refractivity contribution in [1.29, 1.82) is 0 Å². The number of carbonyl (C=O) groups excluding carboxylic acids is 1. The smallest absolute Gasteiger partial charge is 0.315 e. The molecule has 3 rings (SSSR count). The highest BCUT2D eigenvalue weighted by molar-refractivity contribution is 5.72. The largest absolute Gasteiger partial charge is 0.391 e. The Balaban J connectivity index is 1.97. The summed E-state index contributed by atoms with van der Waals surface area (Å²) >= 11 is 0. The molecular formula is C13H20N4O2. The molecule has 0 fully saturated rings. The predicted molar refractivity (Wildman–Crippen MR) is 69.5 cm³/mol. The zero-order valence-corrected chi connectivity index (χ0v) is 11.2. The number of aliphatic hydroxyl groups excluding tert-OH is 1. The van der Waals surface area contributed by atoms with E-state index >= 15 is 0 Å². The number of hydrogen-bond acceptors (Lipinski definition) is 3. The van der Waals surface area contributed by atoms with Gasteiger partial charge in [0.1, 0.15) is 0 Å². The van der Waals surface area contributed by atoms with Crippen LogP contribution in [0.15, 0.2) is 0 Å². The van der Waals surface area contributed by atoms with Gasteiger partial charge in [-0.25, -0.2) is 4.79 Å². The molecule has 2 aliphatic heterocycles. The van der Waals surface area contributed by atoms with E-state index in [1.165, 1.54) is 5.69 Å². The molecule has 19 heavy (non-hydrogen) atoms. The molecule has 0 aromatic carbocycles. The average Bonchev–Trinajstić information content (AvgIpc) is 2.53. The van der Waals surface area contributed by atoms with Gasteiger partial charge in [-0.15, -0.1) is 0 Å². The Morgan fingerprint density at radius 1 is 1.53 bits per heavy atom. The van der Waals surface area contributed by atoms with Crippen molar-refractivity contribution in [2.45, 2.75) is 57.8 Å². The molecule has 6 nitrogen and oxygen atoms in total. The van der Waals surface area contributed by atoms with Gasteiger partial charge in [0.15, 0.2) is 0 Å². The highest BCUT2D eigenvalue weighted by atomic mass is 16.3. The third-order valence-corrected chi connectivity index (χ3v) is 4.22. The molecule has 0 saturated heterocycles. The van der Waals surface area contributed by atoms with Crippen LogP contribution in [0.4, 0.5) is 4.79 Å². The molecule has 0 saturated carbocycles. The lowest BCUT2D eigenvalue weighted by Gasteiger charge is -2.31. The van der Waals surface area contributed by atoms with Crippen molar-refractivity contribution in [2.75, 3.05) is 0 Å². The summed E-state index contributed by atoms with van der Waals surface area (Å²) in [6, 6.07) is -0.277. The molecule has 1 aromatic heterocycles. The quantitative estimate of drug-likeness (QED) is 0.711. The predicted octanol–water partition coefficient (Wildman–Crippen LogP) is 0.406. The molecule has 2 aliphatic rings. The van der Waals surface area contributed by atoms with E-state index < -0.39 is 0 Å². The van der Waals surface area contributed by atoms with Crippen molar-refractivity contribution >= 4 is 6.03 Å². The second-order valence-corrected chi connectivity index (χ2v) is 5.62. The molecule has 0 aliphatic carbocycles. The zero-order chi connectivity index (χ0) is 13.6. The minimum Gasteiger partial charge on any atom is -0.391 e. The van der Waals surface area contributed by atoms with Gasteiger partial charge in [0, 0.05) is 23.7 Å². The minimum absolute atomic E-state index is 0.0917. The first kappa shape index (κ1) is 12.5. The number of nitrogens with two attached hydrogens (primary N) is 1. The number of primary amides is 1. The van der Waals surface area contributed by atoms with Crippen LogP contribution in [0.3, 0.4) is 0 Å². The van der Waals surface area contributed by atoms with Crippen LogP contribution < -0.4 is 5.73 Å². The number of urea groups is 1. The molecule has 0 radical (unpaired) electrons. The van der Waals surface area contributed by atoms with Crippen LogP contribution in [0.1, 0.15) is 36.7 Å². The van der Waals surface area contributed by atoms with Crippen molar-refractivity contribution in [3.05, 3.63) is 17.0 Å². The van der Waals surface area contributed by atoms with Gasteiger partial charge in [-0.05, 0) is 26.2 Å². The molecule has 0 spiro atoms. The van der Waals surface area contributed by atoms with Crippen molar-refractivity contribution < 1.29 is 9.90 Å². The number of carbonyl (C=O) groups is 1. The van der Waals surface area contributed by atoms with Gasteiger partial charge in [0.2, 0.25) is 0 Å². The summed E-state index contributed by atoms with van der Waals surface area (Å²) < 4.78 is 1.93. The normalized spacial score (nSPS) is 26.5. The maximum absolute atomic E-state index is 11.5. The van der Waals surface area contributed by atoms with Gasteiger partial charge in [0.05, 0.1) is 24.9 Å². The highest BCUT2D eigenvalue weighted by Gasteiger charge is 2.31. The van der Waals surface area contributed by atoms with E-state index in [-0.39, 0.29) is 18.2 Å². The van der Waals surface area contributed by atoms with E-state index in [0.717, 1.165) is 36.9 Å². The van der Waals surface area contributed by atoms with E-state index in [1.54, 1.807) is 4.90 Å². The van der Waals surface area contributed by atoms with Gasteiger partial charge in [-0.2, -0.15) is 5.10 Å². The summed E-state index contributed by atoms with van der Waals surface area (Å²) in [5.41, 5.74) is 8.81. The van der Waals surface area contributed by atoms with Crippen LogP contribution in [0.25, 0.3) is 0 Å². The highest BCUT2D eigenvalue weighted by Crippen LogP contribution is 2.28. The summed E-state index contributed by atoms with van der Waals surface area (Å²) in [5, 5.41) is 14.5. The topological polar surface area (TPSA) is 84.4 Å². The molecule has 2 atom stereocenters. The molecule has 3 N–H and O–H groups in total. The first-order valence-corrected chi connectivity index (χ1v) is 6.88. The summed E-state index contributed by atoms with van der Waals surface area (Å²) in [5.74, 6) is 0. The summed E-state index contributed by atoms with van der Waals surface area (Å²) in [6.07, 6.45) is 3.13. The molecule has 104 valence electrons. The standard InChI is InChI=1S/C13H20N4O2/c1-8-5-11-10(7-16(8)13(14)19)12-4-2-3-9(18)6-17(12)15-11/h8-9,18H,2-7H2,1H3,(H2,14,19). The Kier molecular flexibility index (Phi) is 2.97. The van der Waals surface area contributed by atoms with Crippen LogP contribution in [0, 0.1) is 0 Å². The van der Waals surface area contributed by atoms with Gasteiger partial charge < -0.3 is 15.7 Å². The van der Waals surface area contributed by atoms with E-state index in [0.29, 0.717) is 13.1 Å². The average molecular weight is 264 g/mol. The number of hydrogen-bond donors (Lipinski definition) is 2. The lowest BCUT2D eigenvalue weighted by molar-refractivity contribution is 0.143. The van der Waals surface area contributed by atoms with Crippen molar-refractivity contribution in [3.8, 4) is 0 Å². The number of aliphatic hydroxyl groups is 1. The van der Waals surface area contributed by atoms with E-state index in [9.17, 15) is 9.90 Å². The molecule has 1 aromatic rings. The summed E-state index contributed by atoms with van der Waals surface area (Å²) in [6.45, 7) is 3.11. The van der Waals surface area contributed by atoms with E-state index in [2.05, 4.69) is 5.10 Å². The van der Waals surface area contributed by atoms with Crippen LogP contribution >= 0.6 is 0 Å². The third kappa shape index (κ3) is 2.10. The van der Waals surface area contributed by atoms with Crippen LogP contribution in [-0.2, 0) is 25.9 Å². The van der Waals surface area contributed by atoms with Gasteiger partial charge in [-0.3, -0.25) is 4.68 Å². The van der Waals surface area contributed by atoms with Gasteiger partial charge in [-0.1, -0.05) is 0 Å². The Labute approximate surface area is 112 Å². The molecule has 0 bridgehead atoms. The number of nitrogens with zero attached hydrogens (tertiary/aromatic N) is 3. The van der Waals surface area contributed by atoms with Crippen molar-refractivity contribution in [1.82, 2.24) is 14.7 Å². The van der Waals surface area contributed by atoms with Crippen molar-refractivity contribution in [2.24, 2.45) is 5.73 Å². The van der Waals surface area contributed by atoms with Crippen LogP contribution in [0.5, 0.6) is 0 Å². The van der Waals surface area contributed by atoms with E-state index in [4.69, 9.17) is 5.73 Å². The third-order valence-electron chi connectivity index (χ3n) is 4.22. The van der Waals surface area contributed by atoms with Crippen LogP contribution in [-0.4, -0.2) is 38.0 Å². The summed E-state index contributed by atoms with van der Waals surface area (Å²) in [4.78, 5) is 13.2. The fourth-order valence-electron chi connectivity index (χ4n) is 3.17. The Hall–Kier alpha value is -1.56. The minimum atomic E-state index is -0.369. The number of fused-ring (bicyclic) bond motifs is 3. The Morgan fingerprint density at radius 3 is 3.05 bits per heavy atom. The first-order chi connectivity index (χ1) is 9.06. The molecule has 3 heterocycles. The fourth-order valence-corrected chi connectivity index (χ4v) is 3.17. The lowest BCUT2D eigenvalue weighted by atomic mass is 9.98. The van der Waals surface area contributed by atoms with Gasteiger partial charge in [0.25, 0.3) is 0 Å². The van der Waals surface area contributed by atoms with Crippen LogP contribution in [0.2, 0.25) is 0 Å². The maximum Gasteiger partial charge on any atom is 0.315 e. The number of aromatic nitrogens is 2. The monoisotopic (exact) mass is 264 g/mol. The fraction of sp³-hybridized carbons (Fsp3) is 0.692. The second kappa shape index (κ2) is 4.52. The second-order valence-electron chi connectivity index (χ2n) is 5.62. The molecule has 2 unspecified atom stereocenters. The first-order valence-electron chi connectivity index (χ1n) is 6.88. The van der Waals surface area contributed by atoms with Crippen molar-refractivity contribution in [3.63, 3.8) is 0 Å². The molecule has 6 heteroatoms. The lowest BCUT2D eigenvalue weighted by Crippen LogP contribution is -2.45. The zero-order valence-electron chi connectivity index (χ0n) is 11.2. The number of rotatable bonds is 0. The van der Waals surface area contributed by atoms with Gasteiger partial charge >= 0.3 is 6.03 Å². The maximum atomic E-state index is 11.5. The Bertz CT molecular complexity index is 511. The number of amides is 2. The summed E-state index contributed by atoms with van der Waals surface area (Å²) in [7, 11) is 0.